The maximum atomic E-state index is 8.94. The van der Waals surface area contributed by atoms with E-state index < -0.39 is 71.8 Å². The molecule has 6 rings (SSSR count). The molecule has 0 saturated carbocycles. The van der Waals surface area contributed by atoms with Crippen molar-refractivity contribution < 1.29 is 16.4 Å². The average Bonchev–Trinajstić information content (AvgIpc) is 3.38. The fourth-order valence-corrected chi connectivity index (χ4v) is 4.48. The van der Waals surface area contributed by atoms with E-state index in [-0.39, 0.29) is 17.8 Å². The largest absolute Gasteiger partial charge is 0.314 e. The number of hydrogen-bond donors (Lipinski definition) is 0. The number of para-hydroxylation sites is 3. The van der Waals surface area contributed by atoms with Crippen molar-refractivity contribution >= 4 is 40.1 Å². The Labute approximate surface area is 241 Å². The Hall–Kier alpha value is -4.82. The van der Waals surface area contributed by atoms with E-state index in [0.29, 0.717) is 11.1 Å². The number of anilines is 3. The van der Waals surface area contributed by atoms with Crippen LogP contribution in [0.4, 0.5) is 17.1 Å². The summed E-state index contributed by atoms with van der Waals surface area (Å²) in [5, 5.41) is 0.949. The quantitative estimate of drug-likeness (QED) is 0.206. The molecule has 184 valence electrons. The first kappa shape index (κ1) is 13.6. The van der Waals surface area contributed by atoms with Crippen molar-refractivity contribution in [1.29, 1.82) is 0 Å². The second-order valence-corrected chi connectivity index (χ2v) is 8.69. The summed E-state index contributed by atoms with van der Waals surface area (Å²) >= 11 is 0. The van der Waals surface area contributed by atoms with Crippen molar-refractivity contribution in [3.05, 3.63) is 156 Å². The molecule has 0 amide bonds. The molecule has 0 aliphatic carbocycles. The van der Waals surface area contributed by atoms with Gasteiger partial charge in [-0.1, -0.05) is 84.8 Å². The Kier molecular flexibility index (Phi) is 3.69. The highest BCUT2D eigenvalue weighted by Gasteiger charge is 2.13. The maximum absolute atomic E-state index is 8.94. The predicted molar refractivity (Wildman–Crippen MR) is 163 cm³/mol. The van der Waals surface area contributed by atoms with Crippen LogP contribution in [-0.4, -0.2) is 4.57 Å². The lowest BCUT2D eigenvalue weighted by Crippen LogP contribution is -2.09. The van der Waals surface area contributed by atoms with Crippen molar-refractivity contribution in [1.82, 2.24) is 4.57 Å². The Morgan fingerprint density at radius 1 is 0.658 bits per heavy atom. The van der Waals surface area contributed by atoms with Crippen LogP contribution in [0.5, 0.6) is 0 Å². The van der Waals surface area contributed by atoms with Crippen LogP contribution in [0.3, 0.4) is 0 Å². The van der Waals surface area contributed by atoms with E-state index in [2.05, 4.69) is 4.57 Å². The topological polar surface area (TPSA) is 8.17 Å². The van der Waals surface area contributed by atoms with Gasteiger partial charge in [-0.15, -0.1) is 0 Å². The molecule has 6 aromatic rings. The average molecular weight is 503 g/mol. The van der Waals surface area contributed by atoms with E-state index in [0.717, 1.165) is 32.7 Å². The third kappa shape index (κ3) is 4.53. The number of nitrogens with zero attached hydrogens (tertiary/aromatic N) is 2. The van der Waals surface area contributed by atoms with E-state index in [1.165, 1.54) is 24.3 Å². The summed E-state index contributed by atoms with van der Waals surface area (Å²) in [7, 11) is 0. The van der Waals surface area contributed by atoms with Crippen LogP contribution in [0.25, 0.3) is 28.7 Å². The number of rotatable bonds is 6. The van der Waals surface area contributed by atoms with E-state index in [4.69, 9.17) is 16.4 Å². The molecule has 0 N–H and O–H groups in total. The molecule has 2 heteroatoms. The summed E-state index contributed by atoms with van der Waals surface area (Å²) < 4.78 is 104. The molecule has 0 aliphatic heterocycles. The lowest BCUT2D eigenvalue weighted by molar-refractivity contribution is 1.04. The third-order valence-corrected chi connectivity index (χ3v) is 6.43. The van der Waals surface area contributed by atoms with E-state index in [9.17, 15) is 0 Å². The smallest absolute Gasteiger partial charge is 0.0645 e. The van der Waals surface area contributed by atoms with Gasteiger partial charge >= 0.3 is 0 Å². The van der Waals surface area contributed by atoms with Crippen molar-refractivity contribution in [2.75, 3.05) is 4.90 Å². The molecule has 2 nitrogen and oxygen atoms in total. The van der Waals surface area contributed by atoms with Crippen LogP contribution >= 0.6 is 0 Å². The first-order valence-corrected chi connectivity index (χ1v) is 12.1. The number of aromatic nitrogens is 1. The third-order valence-electron chi connectivity index (χ3n) is 6.43. The molecule has 0 atom stereocenters. The Balaban J connectivity index is 1.48. The fraction of sp³-hybridized carbons (Fsp3) is 0.0556. The fourth-order valence-electron chi connectivity index (χ4n) is 4.48. The van der Waals surface area contributed by atoms with Crippen molar-refractivity contribution in [2.24, 2.45) is 0 Å². The van der Waals surface area contributed by atoms with Gasteiger partial charge in [0.15, 0.2) is 0 Å². The molecule has 0 unspecified atom stereocenters. The highest BCUT2D eigenvalue weighted by atomic mass is 15.1. The van der Waals surface area contributed by atoms with Gasteiger partial charge in [0.1, 0.15) is 0 Å². The number of fused-ring (bicyclic) bond motifs is 1. The Bertz CT molecular complexity index is 2240. The van der Waals surface area contributed by atoms with E-state index in [1.54, 1.807) is 6.07 Å². The zero-order chi connectivity index (χ0) is 36.3. The molecule has 1 aromatic heterocycles. The van der Waals surface area contributed by atoms with Crippen molar-refractivity contribution in [2.45, 2.75) is 13.8 Å². The summed E-state index contributed by atoms with van der Waals surface area (Å²) in [4.78, 5) is 1.05. The predicted octanol–water partition coefficient (Wildman–Crippen LogP) is 9.89. The van der Waals surface area contributed by atoms with Crippen LogP contribution in [0.1, 0.15) is 38.8 Å². The molecule has 38 heavy (non-hydrogen) atoms. The summed E-state index contributed by atoms with van der Waals surface area (Å²) in [6.07, 6.45) is 0. The zero-order valence-electron chi connectivity index (χ0n) is 32.8. The number of hydrogen-bond acceptors (Lipinski definition) is 1. The van der Waals surface area contributed by atoms with Gasteiger partial charge in [0.05, 0.1) is 22.0 Å². The van der Waals surface area contributed by atoms with Crippen LogP contribution in [0.2, 0.25) is 0 Å². The van der Waals surface area contributed by atoms with Crippen molar-refractivity contribution in [3.63, 3.8) is 0 Å². The minimum Gasteiger partial charge on any atom is -0.314 e. The van der Waals surface area contributed by atoms with Gasteiger partial charge in [0.2, 0.25) is 0 Å². The zero-order valence-corrected chi connectivity index (χ0v) is 20.8. The molecule has 0 fully saturated rings. The van der Waals surface area contributed by atoms with Crippen LogP contribution in [0, 0.1) is 13.8 Å². The second-order valence-electron chi connectivity index (χ2n) is 8.69. The second kappa shape index (κ2) is 10.3. The molecular formula is C36H30N2. The molecule has 5 aromatic carbocycles. The van der Waals surface area contributed by atoms with Gasteiger partial charge in [-0.25, -0.2) is 0 Å². The van der Waals surface area contributed by atoms with E-state index in [1.807, 2.05) is 56.3 Å². The summed E-state index contributed by atoms with van der Waals surface area (Å²) in [6.45, 7) is 4.06. The van der Waals surface area contributed by atoms with Crippen molar-refractivity contribution in [3.8, 4) is 5.69 Å². The minimum atomic E-state index is -0.660. The van der Waals surface area contributed by atoms with Crippen LogP contribution < -0.4 is 4.90 Å². The lowest BCUT2D eigenvalue weighted by Gasteiger charge is -2.25. The van der Waals surface area contributed by atoms with Crippen LogP contribution in [-0.2, 0) is 0 Å². The summed E-state index contributed by atoms with van der Waals surface area (Å²) in [6, 6.07) is 14.9. The number of benzene rings is 5. The van der Waals surface area contributed by atoms with Gasteiger partial charge in [0.25, 0.3) is 0 Å². The summed E-state index contributed by atoms with van der Waals surface area (Å²) in [5.41, 5.74) is 4.24. The van der Waals surface area contributed by atoms with Gasteiger partial charge in [-0.3, -0.25) is 0 Å². The molecule has 0 radical (unpaired) electrons. The minimum absolute atomic E-state index is 0.0442. The molecule has 0 saturated heterocycles. The normalized spacial score (nSPS) is 16.3. The molecule has 0 bridgehead atoms. The van der Waals surface area contributed by atoms with Gasteiger partial charge in [-0.05, 0) is 91.1 Å². The van der Waals surface area contributed by atoms with Crippen LogP contribution in [0.15, 0.2) is 133 Å². The standard InChI is InChI=1S/C36H30N2/c1-27-28(2)37(31-12-6-3-7-13-31)36-25-22-30(26-35(27)36)19-18-29-20-23-34(24-21-29)38(32-14-8-4-9-15-32)33-16-10-5-11-17-33/h3-26H,1-2H3/b19-18+/i4D,5D,8D,9D,10D,11D,14D,15D,16D,17D,18D,19D. The Morgan fingerprint density at radius 3 is 1.87 bits per heavy atom. The highest BCUT2D eigenvalue weighted by molar-refractivity contribution is 5.90. The molecule has 0 aliphatic rings. The summed E-state index contributed by atoms with van der Waals surface area (Å²) in [5.74, 6) is 0. The van der Waals surface area contributed by atoms with Gasteiger partial charge in [-0.2, -0.15) is 0 Å². The maximum Gasteiger partial charge on any atom is 0.0645 e. The van der Waals surface area contributed by atoms with Gasteiger partial charge < -0.3 is 9.47 Å². The lowest BCUT2D eigenvalue weighted by atomic mass is 10.1. The molecular weight excluding hydrogens is 460 g/mol. The molecule has 0 spiro atoms. The highest BCUT2D eigenvalue weighted by Crippen LogP contribution is 2.34. The number of aryl methyl sites for hydroxylation is 1. The SMILES string of the molecule is [2H]/C(=C(/[2H])c1ccc2c(c1)c(C)c(C)n2-c1ccccc1)c1ccc(N(c2c([2H])c([2H])c([2H])c([2H])c2[2H])c2c([2H])c([2H])c([2H])c([2H])c2[2H])cc1. The first-order chi connectivity index (χ1) is 23.7. The Morgan fingerprint density at radius 2 is 1.24 bits per heavy atom. The van der Waals surface area contributed by atoms with Gasteiger partial charge in [0, 0.05) is 33.8 Å². The monoisotopic (exact) mass is 502 g/mol. The molecule has 1 heterocycles. The van der Waals surface area contributed by atoms with E-state index >= 15 is 0 Å². The first-order valence-electron chi connectivity index (χ1n) is 18.1.